The largest absolute Gasteiger partial charge is 0.440 e. The lowest BCUT2D eigenvalue weighted by atomic mass is 10.4. The molecule has 0 bridgehead atoms. The van der Waals surface area contributed by atoms with Crippen molar-refractivity contribution >= 4 is 5.97 Å². The lowest BCUT2D eigenvalue weighted by Crippen LogP contribution is -2.15. The Labute approximate surface area is 58.9 Å². The van der Waals surface area contributed by atoms with Crippen molar-refractivity contribution in [3.05, 3.63) is 12.7 Å². The molecule has 1 saturated carbocycles. The van der Waals surface area contributed by atoms with Crippen LogP contribution in [-0.2, 0) is 9.53 Å². The first kappa shape index (κ1) is 6.81. The lowest BCUT2D eigenvalue weighted by molar-refractivity contribution is -0.142. The van der Waals surface area contributed by atoms with Gasteiger partial charge in [-0.25, -0.2) is 4.79 Å². The number of carbonyl (C=O) groups excluding carboxylic acids is 1. The third-order valence-electron chi connectivity index (χ3n) is 1.37. The number of ether oxygens (including phenoxy) is 1. The normalized spacial score (nSPS) is 18.7. The summed E-state index contributed by atoms with van der Waals surface area (Å²) in [5.74, 6) is -0.515. The molecular formula is C7H7NO2. The highest BCUT2D eigenvalue weighted by Crippen LogP contribution is 2.38. The first-order chi connectivity index (χ1) is 4.72. The highest BCUT2D eigenvalue weighted by atomic mass is 16.6. The lowest BCUT2D eigenvalue weighted by Gasteiger charge is -2.03. The van der Waals surface area contributed by atoms with Gasteiger partial charge in [-0.2, -0.15) is 5.26 Å². The van der Waals surface area contributed by atoms with Gasteiger partial charge in [0, 0.05) is 18.9 Å². The molecule has 0 heterocycles. The van der Waals surface area contributed by atoms with E-state index in [0.717, 1.165) is 6.08 Å². The molecule has 0 radical (unpaired) electrons. The first-order valence-corrected chi connectivity index (χ1v) is 2.99. The minimum Gasteiger partial charge on any atom is -0.440 e. The van der Waals surface area contributed by atoms with Gasteiger partial charge < -0.3 is 4.74 Å². The fraction of sp³-hybridized carbons (Fsp3) is 0.429. The third-order valence-corrected chi connectivity index (χ3v) is 1.37. The molecule has 0 saturated heterocycles. The number of nitriles is 1. The maximum absolute atomic E-state index is 10.5. The predicted octanol–water partition coefficient (Wildman–Crippen LogP) is 0.772. The van der Waals surface area contributed by atoms with Crippen molar-refractivity contribution in [3.63, 3.8) is 0 Å². The van der Waals surface area contributed by atoms with Crippen LogP contribution in [0.5, 0.6) is 0 Å². The molecule has 0 aliphatic heterocycles. The maximum atomic E-state index is 10.5. The van der Waals surface area contributed by atoms with Crippen LogP contribution in [0, 0.1) is 11.3 Å². The number of hydrogen-bond donors (Lipinski definition) is 0. The topological polar surface area (TPSA) is 50.1 Å². The number of esters is 1. The van der Waals surface area contributed by atoms with Gasteiger partial charge in [0.1, 0.15) is 6.07 Å². The Morgan fingerprint density at radius 3 is 2.70 bits per heavy atom. The van der Waals surface area contributed by atoms with Gasteiger partial charge in [-0.3, -0.25) is 0 Å². The van der Waals surface area contributed by atoms with Crippen molar-refractivity contribution < 1.29 is 9.53 Å². The summed E-state index contributed by atoms with van der Waals surface area (Å²) < 4.78 is 4.73. The van der Waals surface area contributed by atoms with Crippen molar-refractivity contribution in [2.24, 2.45) is 0 Å². The van der Waals surface area contributed by atoms with E-state index in [0.29, 0.717) is 12.8 Å². The second kappa shape index (κ2) is 2.14. The van der Waals surface area contributed by atoms with Gasteiger partial charge in [0.15, 0.2) is 5.60 Å². The molecule has 0 N–H and O–H groups in total. The highest BCUT2D eigenvalue weighted by Gasteiger charge is 2.47. The Bertz CT molecular complexity index is 210. The molecule has 0 amide bonds. The van der Waals surface area contributed by atoms with Crippen LogP contribution in [0.25, 0.3) is 0 Å². The summed E-state index contributed by atoms with van der Waals surface area (Å²) in [4.78, 5) is 10.5. The summed E-state index contributed by atoms with van der Waals surface area (Å²) in [5, 5.41) is 8.44. The predicted molar refractivity (Wildman–Crippen MR) is 33.9 cm³/mol. The fourth-order valence-electron chi connectivity index (χ4n) is 0.584. The highest BCUT2D eigenvalue weighted by molar-refractivity contribution is 5.82. The van der Waals surface area contributed by atoms with Crippen LogP contribution in [0.15, 0.2) is 12.7 Å². The van der Waals surface area contributed by atoms with E-state index in [4.69, 9.17) is 10.00 Å². The zero-order chi connectivity index (χ0) is 7.61. The SMILES string of the molecule is C=CC(=O)OC1(C#N)CC1. The zero-order valence-corrected chi connectivity index (χ0v) is 5.46. The van der Waals surface area contributed by atoms with E-state index in [2.05, 4.69) is 6.58 Å². The van der Waals surface area contributed by atoms with E-state index in [1.165, 1.54) is 0 Å². The molecule has 3 heteroatoms. The molecule has 1 aliphatic rings. The van der Waals surface area contributed by atoms with Gasteiger partial charge in [-0.1, -0.05) is 6.58 Å². The van der Waals surface area contributed by atoms with Crippen LogP contribution in [0.3, 0.4) is 0 Å². The molecule has 0 spiro atoms. The third kappa shape index (κ3) is 1.16. The maximum Gasteiger partial charge on any atom is 0.331 e. The van der Waals surface area contributed by atoms with Crippen molar-refractivity contribution in [2.45, 2.75) is 18.4 Å². The first-order valence-electron chi connectivity index (χ1n) is 2.99. The summed E-state index contributed by atoms with van der Waals surface area (Å²) >= 11 is 0. The minimum atomic E-state index is -0.800. The standard InChI is InChI=1S/C7H7NO2/c1-2-6(9)10-7(5-8)3-4-7/h2H,1,3-4H2. The van der Waals surface area contributed by atoms with Gasteiger partial charge >= 0.3 is 5.97 Å². The van der Waals surface area contributed by atoms with Crippen molar-refractivity contribution in [1.82, 2.24) is 0 Å². The Kier molecular flexibility index (Phi) is 1.46. The van der Waals surface area contributed by atoms with Crippen LogP contribution in [0.2, 0.25) is 0 Å². The molecule has 1 fully saturated rings. The number of nitrogens with zero attached hydrogens (tertiary/aromatic N) is 1. The smallest absolute Gasteiger partial charge is 0.331 e. The van der Waals surface area contributed by atoms with Crippen molar-refractivity contribution in [2.75, 3.05) is 0 Å². The van der Waals surface area contributed by atoms with Gasteiger partial charge in [0.2, 0.25) is 0 Å². The zero-order valence-electron chi connectivity index (χ0n) is 5.46. The van der Waals surface area contributed by atoms with Gasteiger partial charge in [-0.05, 0) is 0 Å². The van der Waals surface area contributed by atoms with Crippen LogP contribution < -0.4 is 0 Å². The molecule has 3 nitrogen and oxygen atoms in total. The number of hydrogen-bond acceptors (Lipinski definition) is 3. The second-order valence-corrected chi connectivity index (χ2v) is 2.23. The van der Waals surface area contributed by atoms with Gasteiger partial charge in [0.25, 0.3) is 0 Å². The summed E-state index contributed by atoms with van der Waals surface area (Å²) in [6, 6.07) is 1.93. The van der Waals surface area contributed by atoms with E-state index in [1.54, 1.807) is 0 Å². The van der Waals surface area contributed by atoms with E-state index in [-0.39, 0.29) is 0 Å². The van der Waals surface area contributed by atoms with Gasteiger partial charge in [-0.15, -0.1) is 0 Å². The molecule has 10 heavy (non-hydrogen) atoms. The second-order valence-electron chi connectivity index (χ2n) is 2.23. The van der Waals surface area contributed by atoms with E-state index in [1.807, 2.05) is 6.07 Å². The molecule has 0 aromatic rings. The van der Waals surface area contributed by atoms with Crippen LogP contribution in [0.1, 0.15) is 12.8 Å². The molecule has 1 rings (SSSR count). The van der Waals surface area contributed by atoms with Crippen molar-refractivity contribution in [3.8, 4) is 6.07 Å². The summed E-state index contributed by atoms with van der Waals surface area (Å²) in [7, 11) is 0. The molecule has 0 atom stereocenters. The summed E-state index contributed by atoms with van der Waals surface area (Å²) in [6.07, 6.45) is 2.38. The van der Waals surface area contributed by atoms with E-state index >= 15 is 0 Å². The van der Waals surface area contributed by atoms with E-state index in [9.17, 15) is 4.79 Å². The van der Waals surface area contributed by atoms with Crippen LogP contribution in [0.4, 0.5) is 0 Å². The Balaban J connectivity index is 2.47. The van der Waals surface area contributed by atoms with Crippen LogP contribution >= 0.6 is 0 Å². The summed E-state index contributed by atoms with van der Waals surface area (Å²) in [5.41, 5.74) is -0.800. The van der Waals surface area contributed by atoms with Crippen LogP contribution in [-0.4, -0.2) is 11.6 Å². The van der Waals surface area contributed by atoms with Crippen molar-refractivity contribution in [1.29, 1.82) is 5.26 Å². The molecule has 52 valence electrons. The summed E-state index contributed by atoms with van der Waals surface area (Å²) in [6.45, 7) is 3.22. The Morgan fingerprint density at radius 2 is 2.40 bits per heavy atom. The number of carbonyl (C=O) groups is 1. The Morgan fingerprint density at radius 1 is 1.80 bits per heavy atom. The fourth-order valence-corrected chi connectivity index (χ4v) is 0.584. The monoisotopic (exact) mass is 137 g/mol. The average molecular weight is 137 g/mol. The van der Waals surface area contributed by atoms with E-state index < -0.39 is 11.6 Å². The van der Waals surface area contributed by atoms with Gasteiger partial charge in [0.05, 0.1) is 0 Å². The molecular weight excluding hydrogens is 130 g/mol. The molecule has 0 aromatic carbocycles. The average Bonchev–Trinajstić information content (AvgIpc) is 2.70. The molecule has 0 aromatic heterocycles. The quantitative estimate of drug-likeness (QED) is 0.417. The number of rotatable bonds is 2. The molecule has 0 unspecified atom stereocenters. The minimum absolute atomic E-state index is 0.515. The molecule has 1 aliphatic carbocycles. The Hall–Kier alpha value is -1.30.